The first-order valence-electron chi connectivity index (χ1n) is 22.9. The van der Waals surface area contributed by atoms with Crippen LogP contribution in [0.2, 0.25) is 0 Å². The van der Waals surface area contributed by atoms with Gasteiger partial charge in [-0.25, -0.2) is 9.38 Å². The number of allylic oxidation sites excluding steroid dienone is 2. The van der Waals surface area contributed by atoms with E-state index in [4.69, 9.17) is 10.4 Å². The van der Waals surface area contributed by atoms with E-state index in [0.29, 0.717) is 30.1 Å². The Morgan fingerprint density at radius 3 is 2.33 bits per heavy atom. The molecular formula is C50H61FN8O4. The highest BCUT2D eigenvalue weighted by Gasteiger charge is 2.41. The minimum absolute atomic E-state index is 0.161. The smallest absolute Gasteiger partial charge is 0.255 e. The van der Waals surface area contributed by atoms with E-state index in [0.717, 1.165) is 124 Å². The van der Waals surface area contributed by atoms with Crippen LogP contribution in [0.1, 0.15) is 109 Å². The number of aryl methyl sites for hydroxylation is 1. The number of piperidine rings is 2. The molecule has 12 nitrogen and oxygen atoms in total. The van der Waals surface area contributed by atoms with Crippen molar-refractivity contribution >= 4 is 34.7 Å². The number of β-amino-alcohol motifs (C(OH)–C–C–N with tert-alkyl or cyclic N) is 1. The minimum atomic E-state index is -0.709. The second kappa shape index (κ2) is 20.3. The van der Waals surface area contributed by atoms with Crippen LogP contribution in [-0.4, -0.2) is 119 Å². The number of aliphatic hydroxyl groups is 1. The lowest BCUT2D eigenvalue weighted by atomic mass is 9.85. The number of likely N-dealkylation sites (tertiary alicyclic amines) is 1. The van der Waals surface area contributed by atoms with Gasteiger partial charge in [0, 0.05) is 74.2 Å². The van der Waals surface area contributed by atoms with Gasteiger partial charge in [-0.2, -0.15) is 0 Å². The maximum absolute atomic E-state index is 14.9. The number of aliphatic imine (C=N–C) groups is 1. The number of unbranched alkanes of at least 4 members (excludes halogenated alkanes) is 4. The van der Waals surface area contributed by atoms with Crippen LogP contribution >= 0.6 is 0 Å². The zero-order valence-corrected chi connectivity index (χ0v) is 36.5. The average Bonchev–Trinajstić information content (AvgIpc) is 3.61. The van der Waals surface area contributed by atoms with E-state index >= 15 is 0 Å². The van der Waals surface area contributed by atoms with Gasteiger partial charge in [-0.15, -0.1) is 0 Å². The molecule has 3 fully saturated rings. The highest BCUT2D eigenvalue weighted by Crippen LogP contribution is 2.38. The molecule has 0 spiro atoms. The summed E-state index contributed by atoms with van der Waals surface area (Å²) in [6.07, 6.45) is 11.2. The number of amides is 3. The van der Waals surface area contributed by atoms with Gasteiger partial charge in [0.25, 0.3) is 5.91 Å². The molecule has 4 N–H and O–H groups in total. The van der Waals surface area contributed by atoms with Crippen molar-refractivity contribution in [2.24, 2.45) is 4.99 Å². The Labute approximate surface area is 370 Å². The van der Waals surface area contributed by atoms with Crippen LogP contribution in [0.4, 0.5) is 4.39 Å². The van der Waals surface area contributed by atoms with Crippen LogP contribution < -0.4 is 10.6 Å². The lowest BCUT2D eigenvalue weighted by molar-refractivity contribution is -0.136. The summed E-state index contributed by atoms with van der Waals surface area (Å²) in [7, 11) is 0. The third kappa shape index (κ3) is 10.5. The van der Waals surface area contributed by atoms with Crippen molar-refractivity contribution in [2.45, 2.75) is 89.6 Å². The lowest BCUT2D eigenvalue weighted by Gasteiger charge is -2.38. The number of benzene rings is 3. The molecule has 3 aromatic carbocycles. The van der Waals surface area contributed by atoms with E-state index in [1.807, 2.05) is 37.3 Å². The standard InChI is InChI=1S/C50H61FN8O4/c1-34(52)47(37-13-7-5-8-14-37)48-53-43(32-45(54-48)58-25-23-57(24-26-58)27-28-60)38-15-10-12-35(29-38)11-6-3-2-4-9-20-56-21-18-36(19-22-56)40-30-39(51)31-41-42(40)33-59(50(41)63)44-16-17-46(61)55-49(44)62/h5,7-8,10,12-15,29-32,36,44,52,54,60H,2-4,6,9,11,16-28,33H2,1H3,(H,55,61,62)/b48-47+,52-34?. The average molecular weight is 857 g/mol. The minimum Gasteiger partial charge on any atom is -0.395 e. The topological polar surface area (TPSA) is 145 Å². The number of aliphatic hydroxyl groups excluding tert-OH is 1. The van der Waals surface area contributed by atoms with Gasteiger partial charge in [0.15, 0.2) is 0 Å². The fourth-order valence-corrected chi connectivity index (χ4v) is 9.96. The van der Waals surface area contributed by atoms with Crippen molar-refractivity contribution in [1.29, 1.82) is 5.41 Å². The van der Waals surface area contributed by atoms with Gasteiger partial charge in [0.05, 0.1) is 12.3 Å². The Bertz CT molecular complexity index is 2280. The molecule has 0 aliphatic carbocycles. The first-order chi connectivity index (χ1) is 30.6. The largest absolute Gasteiger partial charge is 0.395 e. The summed E-state index contributed by atoms with van der Waals surface area (Å²) in [4.78, 5) is 51.4. The molecule has 5 aliphatic rings. The molecule has 3 saturated heterocycles. The van der Waals surface area contributed by atoms with E-state index in [1.165, 1.54) is 29.4 Å². The molecule has 3 aromatic rings. The summed E-state index contributed by atoms with van der Waals surface area (Å²) >= 11 is 0. The fraction of sp³-hybridized carbons (Fsp3) is 0.460. The number of rotatable bonds is 16. The summed E-state index contributed by atoms with van der Waals surface area (Å²) in [6.45, 7) is 9.26. The second-order valence-electron chi connectivity index (χ2n) is 17.7. The van der Waals surface area contributed by atoms with Gasteiger partial charge in [-0.3, -0.25) is 24.6 Å². The second-order valence-corrected chi connectivity index (χ2v) is 17.7. The summed E-state index contributed by atoms with van der Waals surface area (Å²) in [5, 5.41) is 24.2. The van der Waals surface area contributed by atoms with Crippen molar-refractivity contribution in [3.63, 3.8) is 0 Å². The molecule has 0 saturated carbocycles. The number of nitrogens with zero attached hydrogens (tertiary/aromatic N) is 5. The zero-order chi connectivity index (χ0) is 43.9. The van der Waals surface area contributed by atoms with Gasteiger partial charge in [0.2, 0.25) is 11.8 Å². The molecule has 0 radical (unpaired) electrons. The van der Waals surface area contributed by atoms with E-state index in [-0.39, 0.29) is 37.3 Å². The van der Waals surface area contributed by atoms with Crippen LogP contribution in [-0.2, 0) is 22.6 Å². The van der Waals surface area contributed by atoms with Gasteiger partial charge in [0.1, 0.15) is 23.5 Å². The maximum Gasteiger partial charge on any atom is 0.255 e. The quantitative estimate of drug-likeness (QED) is 0.0757. The van der Waals surface area contributed by atoms with Crippen LogP contribution in [0.5, 0.6) is 0 Å². The van der Waals surface area contributed by atoms with Gasteiger partial charge in [-0.05, 0) is 111 Å². The number of hydrogen-bond acceptors (Lipinski definition) is 10. The van der Waals surface area contributed by atoms with Gasteiger partial charge in [-0.1, -0.05) is 67.8 Å². The van der Waals surface area contributed by atoms with E-state index in [1.54, 1.807) is 6.07 Å². The highest BCUT2D eigenvalue weighted by atomic mass is 19.1. The number of imide groups is 1. The maximum atomic E-state index is 14.9. The first kappa shape index (κ1) is 44.1. The van der Waals surface area contributed by atoms with Crippen molar-refractivity contribution in [2.75, 3.05) is 59.0 Å². The number of hydrogen-bond donors (Lipinski definition) is 4. The van der Waals surface area contributed by atoms with Crippen molar-refractivity contribution < 1.29 is 23.9 Å². The molecule has 5 heterocycles. The lowest BCUT2D eigenvalue weighted by Crippen LogP contribution is -2.52. The predicted molar refractivity (Wildman–Crippen MR) is 244 cm³/mol. The van der Waals surface area contributed by atoms with Crippen LogP contribution in [0.3, 0.4) is 0 Å². The molecule has 0 bridgehead atoms. The molecule has 332 valence electrons. The molecule has 5 aliphatic heterocycles. The zero-order valence-electron chi connectivity index (χ0n) is 36.5. The predicted octanol–water partition coefficient (Wildman–Crippen LogP) is 6.21. The van der Waals surface area contributed by atoms with Gasteiger partial charge < -0.3 is 30.5 Å². The number of nitrogens with one attached hydrogen (secondary N) is 3. The normalized spacial score (nSPS) is 20.9. The number of piperazine rings is 1. The number of carbonyl (C=O) groups excluding carboxylic acids is 3. The molecule has 1 unspecified atom stereocenters. The molecule has 13 heteroatoms. The van der Waals surface area contributed by atoms with E-state index < -0.39 is 17.8 Å². The van der Waals surface area contributed by atoms with Crippen LogP contribution in [0.15, 0.2) is 89.4 Å². The summed E-state index contributed by atoms with van der Waals surface area (Å²) < 4.78 is 14.9. The molecule has 1 atom stereocenters. The SMILES string of the molecule is CC(=N)/C(=C1/N=C(c2cccc(CCCCCCCN3CCC(c4cc(F)cc5c4CN(C4CCC(=O)NC4=O)C5=O)CC3)c2)C=C(N2CCN(CCO)CC2)N1)c1ccccc1. The first-order valence-corrected chi connectivity index (χ1v) is 22.9. The molecule has 8 rings (SSSR count). The Morgan fingerprint density at radius 1 is 0.841 bits per heavy atom. The monoisotopic (exact) mass is 856 g/mol. The Kier molecular flexibility index (Phi) is 14.2. The molecule has 63 heavy (non-hydrogen) atoms. The Balaban J connectivity index is 0.818. The van der Waals surface area contributed by atoms with E-state index in [2.05, 4.69) is 55.7 Å². The summed E-state index contributed by atoms with van der Waals surface area (Å²) in [5.74, 6) is 0.305. The molecular weight excluding hydrogens is 796 g/mol. The Hall–Kier alpha value is -5.50. The Morgan fingerprint density at radius 2 is 1.59 bits per heavy atom. The van der Waals surface area contributed by atoms with E-state index in [9.17, 15) is 23.9 Å². The van der Waals surface area contributed by atoms with Crippen molar-refractivity contribution in [3.8, 4) is 0 Å². The number of fused-ring (bicyclic) bond motifs is 1. The number of carbonyl (C=O) groups is 3. The summed E-state index contributed by atoms with van der Waals surface area (Å²) in [6, 6.07) is 20.9. The van der Waals surface area contributed by atoms with Crippen LogP contribution in [0, 0.1) is 11.2 Å². The van der Waals surface area contributed by atoms with Crippen LogP contribution in [0.25, 0.3) is 5.57 Å². The summed E-state index contributed by atoms with van der Waals surface area (Å²) in [5.41, 5.74) is 7.50. The molecule has 0 aromatic heterocycles. The molecule has 3 amide bonds. The van der Waals surface area contributed by atoms with Gasteiger partial charge >= 0.3 is 0 Å². The third-order valence-electron chi connectivity index (χ3n) is 13.4. The highest BCUT2D eigenvalue weighted by molar-refractivity contribution is 6.23. The van der Waals surface area contributed by atoms with Crippen molar-refractivity contribution in [1.82, 2.24) is 30.2 Å². The number of halogens is 1. The third-order valence-corrected chi connectivity index (χ3v) is 13.4. The fourth-order valence-electron chi connectivity index (χ4n) is 9.96. The van der Waals surface area contributed by atoms with Crippen molar-refractivity contribution in [3.05, 3.63) is 124 Å².